The van der Waals surface area contributed by atoms with Gasteiger partial charge in [-0.05, 0) is 25.0 Å². The molecule has 1 aliphatic rings. The predicted octanol–water partition coefficient (Wildman–Crippen LogP) is 1.82. The number of carbonyl (C=O) groups excluding carboxylic acids is 1. The molecule has 1 amide bonds. The molecule has 1 fully saturated rings. The first-order valence-electron chi connectivity index (χ1n) is 7.03. The van der Waals surface area contributed by atoms with E-state index in [1.807, 2.05) is 23.6 Å². The molecule has 3 heterocycles. The van der Waals surface area contributed by atoms with Gasteiger partial charge in [0.2, 0.25) is 5.91 Å². The maximum atomic E-state index is 12.3. The minimum atomic E-state index is -0.932. The summed E-state index contributed by atoms with van der Waals surface area (Å²) in [4.78, 5) is 33.5. The molecule has 6 nitrogen and oxygen atoms in total. The number of carbonyl (C=O) groups is 2. The highest BCUT2D eigenvalue weighted by Gasteiger charge is 2.33. The van der Waals surface area contributed by atoms with Crippen molar-refractivity contribution < 1.29 is 14.7 Å². The number of carboxylic acids is 1. The van der Waals surface area contributed by atoms with Gasteiger partial charge >= 0.3 is 5.97 Å². The number of amides is 1. The minimum Gasteiger partial charge on any atom is -0.480 e. The van der Waals surface area contributed by atoms with E-state index >= 15 is 0 Å². The molecule has 2 aromatic rings. The first-order chi connectivity index (χ1) is 10.6. The topological polar surface area (TPSA) is 83.4 Å². The summed E-state index contributed by atoms with van der Waals surface area (Å²) in [5, 5.41) is 11.7. The molecule has 7 heteroatoms. The maximum absolute atomic E-state index is 12.3. The van der Waals surface area contributed by atoms with E-state index < -0.39 is 12.0 Å². The van der Waals surface area contributed by atoms with Gasteiger partial charge in [0.25, 0.3) is 0 Å². The van der Waals surface area contributed by atoms with Gasteiger partial charge in [0.05, 0.1) is 17.8 Å². The molecule has 1 aliphatic heterocycles. The average Bonchev–Trinajstić information content (AvgIpc) is 3.17. The highest BCUT2D eigenvalue weighted by molar-refractivity contribution is 7.13. The van der Waals surface area contributed by atoms with Crippen molar-refractivity contribution in [3.05, 3.63) is 35.5 Å². The standard InChI is InChI=1S/C15H15N3O3S/c19-13(18-7-3-5-12(18)15(20)21)8-10-9-22-14(17-10)11-4-1-2-6-16-11/h1-2,4,6,9,12H,3,5,7-8H2,(H,20,21). The quantitative estimate of drug-likeness (QED) is 0.930. The fourth-order valence-corrected chi connectivity index (χ4v) is 3.37. The van der Waals surface area contributed by atoms with Gasteiger partial charge in [-0.3, -0.25) is 9.78 Å². The Labute approximate surface area is 131 Å². The van der Waals surface area contributed by atoms with Crippen LogP contribution in [0.25, 0.3) is 10.7 Å². The lowest BCUT2D eigenvalue weighted by atomic mass is 10.2. The van der Waals surface area contributed by atoms with Crippen LogP contribution in [0.4, 0.5) is 0 Å². The molecular weight excluding hydrogens is 302 g/mol. The van der Waals surface area contributed by atoms with Gasteiger partial charge in [0.15, 0.2) is 0 Å². The third kappa shape index (κ3) is 2.99. The molecule has 0 aromatic carbocycles. The van der Waals surface area contributed by atoms with Crippen LogP contribution in [-0.4, -0.2) is 44.4 Å². The highest BCUT2D eigenvalue weighted by Crippen LogP contribution is 2.23. The van der Waals surface area contributed by atoms with Crippen LogP contribution in [0, 0.1) is 0 Å². The zero-order valence-corrected chi connectivity index (χ0v) is 12.6. The van der Waals surface area contributed by atoms with Gasteiger partial charge in [-0.25, -0.2) is 9.78 Å². The Morgan fingerprint density at radius 3 is 3.00 bits per heavy atom. The fourth-order valence-electron chi connectivity index (χ4n) is 2.57. The van der Waals surface area contributed by atoms with Gasteiger partial charge in [-0.2, -0.15) is 0 Å². The highest BCUT2D eigenvalue weighted by atomic mass is 32.1. The van der Waals surface area contributed by atoms with E-state index in [-0.39, 0.29) is 12.3 Å². The van der Waals surface area contributed by atoms with Crippen molar-refractivity contribution in [1.29, 1.82) is 0 Å². The molecule has 1 N–H and O–H groups in total. The maximum Gasteiger partial charge on any atom is 0.326 e. The molecular formula is C15H15N3O3S. The van der Waals surface area contributed by atoms with Gasteiger partial charge in [-0.1, -0.05) is 6.07 Å². The van der Waals surface area contributed by atoms with Crippen molar-refractivity contribution >= 4 is 23.2 Å². The van der Waals surface area contributed by atoms with Crippen LogP contribution < -0.4 is 0 Å². The number of hydrogen-bond donors (Lipinski definition) is 1. The lowest BCUT2D eigenvalue weighted by molar-refractivity contribution is -0.148. The second-order valence-corrected chi connectivity index (χ2v) is 5.98. The minimum absolute atomic E-state index is 0.132. The second-order valence-electron chi connectivity index (χ2n) is 5.12. The van der Waals surface area contributed by atoms with E-state index in [0.29, 0.717) is 18.7 Å². The lowest BCUT2D eigenvalue weighted by Gasteiger charge is -2.20. The molecule has 0 aliphatic carbocycles. The zero-order valence-electron chi connectivity index (χ0n) is 11.8. The Balaban J connectivity index is 1.70. The van der Waals surface area contributed by atoms with Crippen molar-refractivity contribution in [3.63, 3.8) is 0 Å². The van der Waals surface area contributed by atoms with E-state index in [9.17, 15) is 9.59 Å². The normalized spacial score (nSPS) is 17.6. The van der Waals surface area contributed by atoms with Crippen LogP contribution in [0.5, 0.6) is 0 Å². The smallest absolute Gasteiger partial charge is 0.326 e. The van der Waals surface area contributed by atoms with Gasteiger partial charge in [-0.15, -0.1) is 11.3 Å². The monoisotopic (exact) mass is 317 g/mol. The van der Waals surface area contributed by atoms with Crippen molar-refractivity contribution in [2.24, 2.45) is 0 Å². The largest absolute Gasteiger partial charge is 0.480 e. The van der Waals surface area contributed by atoms with Crippen LogP contribution in [0.15, 0.2) is 29.8 Å². The summed E-state index contributed by atoms with van der Waals surface area (Å²) >= 11 is 1.43. The van der Waals surface area contributed by atoms with Crippen LogP contribution in [0.1, 0.15) is 18.5 Å². The third-order valence-corrected chi connectivity index (χ3v) is 4.54. The van der Waals surface area contributed by atoms with Crippen molar-refractivity contribution in [3.8, 4) is 10.7 Å². The summed E-state index contributed by atoms with van der Waals surface area (Å²) in [6, 6.07) is 4.89. The Morgan fingerprint density at radius 1 is 1.41 bits per heavy atom. The van der Waals surface area contributed by atoms with E-state index in [4.69, 9.17) is 5.11 Å². The fraction of sp³-hybridized carbons (Fsp3) is 0.333. The molecule has 1 unspecified atom stereocenters. The number of aromatic nitrogens is 2. The number of nitrogens with zero attached hydrogens (tertiary/aromatic N) is 3. The Hall–Kier alpha value is -2.28. The van der Waals surface area contributed by atoms with Crippen molar-refractivity contribution in [2.75, 3.05) is 6.54 Å². The first-order valence-corrected chi connectivity index (χ1v) is 7.91. The predicted molar refractivity (Wildman–Crippen MR) is 81.4 cm³/mol. The van der Waals surface area contributed by atoms with E-state index in [0.717, 1.165) is 17.1 Å². The van der Waals surface area contributed by atoms with E-state index in [1.54, 1.807) is 6.20 Å². The van der Waals surface area contributed by atoms with Crippen molar-refractivity contribution in [2.45, 2.75) is 25.3 Å². The molecule has 0 spiro atoms. The van der Waals surface area contributed by atoms with E-state index in [2.05, 4.69) is 9.97 Å². The number of thiazole rings is 1. The molecule has 22 heavy (non-hydrogen) atoms. The molecule has 0 saturated carbocycles. The molecule has 0 radical (unpaired) electrons. The van der Waals surface area contributed by atoms with Crippen LogP contribution in [-0.2, 0) is 16.0 Å². The summed E-state index contributed by atoms with van der Waals surface area (Å²) in [5.41, 5.74) is 1.43. The summed E-state index contributed by atoms with van der Waals surface area (Å²) in [5.74, 6) is -1.11. The van der Waals surface area contributed by atoms with Gasteiger partial charge in [0, 0.05) is 18.1 Å². The first kappa shape index (κ1) is 14.6. The van der Waals surface area contributed by atoms with Gasteiger partial charge < -0.3 is 10.0 Å². The SMILES string of the molecule is O=C(O)C1CCCN1C(=O)Cc1csc(-c2ccccn2)n1. The van der Waals surface area contributed by atoms with Crippen LogP contribution in [0.2, 0.25) is 0 Å². The molecule has 3 rings (SSSR count). The number of pyridine rings is 1. The number of hydrogen-bond acceptors (Lipinski definition) is 5. The third-order valence-electron chi connectivity index (χ3n) is 3.63. The van der Waals surface area contributed by atoms with Crippen LogP contribution >= 0.6 is 11.3 Å². The summed E-state index contributed by atoms with van der Waals surface area (Å²) in [6.07, 6.45) is 3.09. The molecule has 2 aromatic heterocycles. The number of likely N-dealkylation sites (tertiary alicyclic amines) is 1. The molecule has 114 valence electrons. The Bertz CT molecular complexity index is 686. The van der Waals surface area contributed by atoms with Crippen LogP contribution in [0.3, 0.4) is 0 Å². The van der Waals surface area contributed by atoms with Gasteiger partial charge in [0.1, 0.15) is 11.0 Å². The Morgan fingerprint density at radius 2 is 2.27 bits per heavy atom. The second kappa shape index (κ2) is 6.23. The summed E-state index contributed by atoms with van der Waals surface area (Å²) in [7, 11) is 0. The Kier molecular flexibility index (Phi) is 4.15. The summed E-state index contributed by atoms with van der Waals surface area (Å²) in [6.45, 7) is 0.507. The van der Waals surface area contributed by atoms with E-state index in [1.165, 1.54) is 16.2 Å². The number of carboxylic acid groups (broad SMARTS) is 1. The lowest BCUT2D eigenvalue weighted by Crippen LogP contribution is -2.41. The number of rotatable bonds is 4. The summed E-state index contributed by atoms with van der Waals surface area (Å²) < 4.78 is 0. The molecule has 1 atom stereocenters. The number of aliphatic carboxylic acids is 1. The zero-order chi connectivity index (χ0) is 15.5. The van der Waals surface area contributed by atoms with Crippen molar-refractivity contribution in [1.82, 2.24) is 14.9 Å². The average molecular weight is 317 g/mol. The molecule has 0 bridgehead atoms. The molecule has 1 saturated heterocycles.